The predicted molar refractivity (Wildman–Crippen MR) is 99.4 cm³/mol. The highest BCUT2D eigenvalue weighted by Gasteiger charge is 2.18. The fourth-order valence-electron chi connectivity index (χ4n) is 3.19. The lowest BCUT2D eigenvalue weighted by Crippen LogP contribution is -2.38. The number of amides is 1. The van der Waals surface area contributed by atoms with E-state index in [0.29, 0.717) is 11.3 Å². The molecule has 0 saturated heterocycles. The number of benzene rings is 1. The monoisotopic (exact) mass is 369 g/mol. The fourth-order valence-corrected chi connectivity index (χ4v) is 3.19. The molecule has 0 unspecified atom stereocenters. The normalized spacial score (nSPS) is 14.6. The molecule has 0 bridgehead atoms. The zero-order chi connectivity index (χ0) is 19.2. The highest BCUT2D eigenvalue weighted by molar-refractivity contribution is 5.94. The van der Waals surface area contributed by atoms with Gasteiger partial charge in [0.2, 0.25) is 5.76 Å². The van der Waals surface area contributed by atoms with Crippen molar-refractivity contribution in [1.29, 1.82) is 0 Å². The first-order chi connectivity index (χ1) is 13.0. The van der Waals surface area contributed by atoms with Crippen LogP contribution in [0.2, 0.25) is 0 Å². The standard InChI is InChI=1S/C21H23NO5/c1-14(23)15-7-9-16(10-8-15)18-11-12-19(27-18)21(25)26-13-20(24)22-17-5-3-2-4-6-17/h7-12,17H,2-6,13H2,1H3,(H,22,24). The third-order valence-corrected chi connectivity index (χ3v) is 4.69. The minimum absolute atomic E-state index is 0.0169. The van der Waals surface area contributed by atoms with Crippen LogP contribution in [0.5, 0.6) is 0 Å². The van der Waals surface area contributed by atoms with E-state index in [1.165, 1.54) is 19.4 Å². The quantitative estimate of drug-likeness (QED) is 0.619. The number of furan rings is 1. The van der Waals surface area contributed by atoms with E-state index in [1.807, 2.05) is 0 Å². The van der Waals surface area contributed by atoms with Gasteiger partial charge in [-0.1, -0.05) is 43.5 Å². The van der Waals surface area contributed by atoms with Crippen molar-refractivity contribution in [3.8, 4) is 11.3 Å². The summed E-state index contributed by atoms with van der Waals surface area (Å²) in [6.45, 7) is 1.18. The lowest BCUT2D eigenvalue weighted by atomic mass is 9.95. The highest BCUT2D eigenvalue weighted by Crippen LogP contribution is 2.23. The molecule has 1 aliphatic carbocycles. The number of esters is 1. The molecule has 1 N–H and O–H groups in total. The summed E-state index contributed by atoms with van der Waals surface area (Å²) in [5.74, 6) is -0.464. The molecule has 1 aromatic heterocycles. The van der Waals surface area contributed by atoms with Crippen LogP contribution in [-0.2, 0) is 9.53 Å². The molecule has 0 atom stereocenters. The first-order valence-electron chi connectivity index (χ1n) is 9.20. The van der Waals surface area contributed by atoms with Gasteiger partial charge >= 0.3 is 5.97 Å². The van der Waals surface area contributed by atoms with E-state index in [4.69, 9.17) is 9.15 Å². The van der Waals surface area contributed by atoms with Gasteiger partial charge in [0.1, 0.15) is 5.76 Å². The van der Waals surface area contributed by atoms with Gasteiger partial charge in [-0.3, -0.25) is 9.59 Å². The van der Waals surface area contributed by atoms with Crippen molar-refractivity contribution in [2.75, 3.05) is 6.61 Å². The lowest BCUT2D eigenvalue weighted by Gasteiger charge is -2.22. The third-order valence-electron chi connectivity index (χ3n) is 4.69. The summed E-state index contributed by atoms with van der Waals surface area (Å²) < 4.78 is 10.6. The minimum atomic E-state index is -0.680. The molecule has 1 aliphatic rings. The number of carbonyl (C=O) groups excluding carboxylic acids is 3. The van der Waals surface area contributed by atoms with Gasteiger partial charge in [0, 0.05) is 17.2 Å². The summed E-state index contributed by atoms with van der Waals surface area (Å²) in [6.07, 6.45) is 5.40. The molecule has 0 aliphatic heterocycles. The Morgan fingerprint density at radius 2 is 1.74 bits per heavy atom. The van der Waals surface area contributed by atoms with Crippen molar-refractivity contribution < 1.29 is 23.5 Å². The Morgan fingerprint density at radius 3 is 2.41 bits per heavy atom. The Hall–Kier alpha value is -2.89. The molecule has 1 heterocycles. The molecule has 1 fully saturated rings. The van der Waals surface area contributed by atoms with Gasteiger partial charge in [0.15, 0.2) is 12.4 Å². The van der Waals surface area contributed by atoms with Gasteiger partial charge in [-0.2, -0.15) is 0 Å². The molecule has 1 aromatic carbocycles. The Kier molecular flexibility index (Phi) is 6.06. The van der Waals surface area contributed by atoms with Crippen LogP contribution < -0.4 is 5.32 Å². The van der Waals surface area contributed by atoms with Gasteiger partial charge in [-0.25, -0.2) is 4.79 Å². The Morgan fingerprint density at radius 1 is 1.04 bits per heavy atom. The van der Waals surface area contributed by atoms with E-state index >= 15 is 0 Å². The average molecular weight is 369 g/mol. The molecule has 0 radical (unpaired) electrons. The molecule has 27 heavy (non-hydrogen) atoms. The van der Waals surface area contributed by atoms with E-state index < -0.39 is 5.97 Å². The van der Waals surface area contributed by atoms with Crippen LogP contribution in [-0.4, -0.2) is 30.3 Å². The topological polar surface area (TPSA) is 85.6 Å². The molecule has 2 aromatic rings. The van der Waals surface area contributed by atoms with Gasteiger partial charge in [-0.05, 0) is 31.9 Å². The fraction of sp³-hybridized carbons (Fsp3) is 0.381. The SMILES string of the molecule is CC(=O)c1ccc(-c2ccc(C(=O)OCC(=O)NC3CCCCC3)o2)cc1. The van der Waals surface area contributed by atoms with Crippen molar-refractivity contribution in [2.24, 2.45) is 0 Å². The lowest BCUT2D eigenvalue weighted by molar-refractivity contribution is -0.125. The van der Waals surface area contributed by atoms with Crippen LogP contribution in [0.3, 0.4) is 0 Å². The zero-order valence-electron chi connectivity index (χ0n) is 15.3. The molecular formula is C21H23NO5. The van der Waals surface area contributed by atoms with Crippen LogP contribution in [0, 0.1) is 0 Å². The smallest absolute Gasteiger partial charge is 0.374 e. The Labute approximate surface area is 157 Å². The molecular weight excluding hydrogens is 346 g/mol. The van der Waals surface area contributed by atoms with Crippen LogP contribution in [0.25, 0.3) is 11.3 Å². The average Bonchev–Trinajstić information content (AvgIpc) is 3.17. The molecule has 1 saturated carbocycles. The summed E-state index contributed by atoms with van der Waals surface area (Å²) in [7, 11) is 0. The Balaban J connectivity index is 1.53. The summed E-state index contributed by atoms with van der Waals surface area (Å²) in [5, 5.41) is 2.90. The van der Waals surface area contributed by atoms with E-state index in [9.17, 15) is 14.4 Å². The van der Waals surface area contributed by atoms with Crippen LogP contribution >= 0.6 is 0 Å². The number of hydrogen-bond donors (Lipinski definition) is 1. The van der Waals surface area contributed by atoms with E-state index in [1.54, 1.807) is 30.3 Å². The van der Waals surface area contributed by atoms with E-state index in [-0.39, 0.29) is 30.1 Å². The maximum atomic E-state index is 12.1. The number of hydrogen-bond acceptors (Lipinski definition) is 5. The van der Waals surface area contributed by atoms with Gasteiger partial charge in [0.05, 0.1) is 0 Å². The zero-order valence-corrected chi connectivity index (χ0v) is 15.3. The highest BCUT2D eigenvalue weighted by atomic mass is 16.5. The van der Waals surface area contributed by atoms with Gasteiger partial charge < -0.3 is 14.5 Å². The second-order valence-electron chi connectivity index (χ2n) is 6.78. The minimum Gasteiger partial charge on any atom is -0.450 e. The molecule has 6 nitrogen and oxygen atoms in total. The summed E-state index contributed by atoms with van der Waals surface area (Å²) >= 11 is 0. The van der Waals surface area contributed by atoms with Crippen LogP contribution in [0.4, 0.5) is 0 Å². The second-order valence-corrected chi connectivity index (χ2v) is 6.78. The summed E-state index contributed by atoms with van der Waals surface area (Å²) in [5.41, 5.74) is 1.35. The first-order valence-corrected chi connectivity index (χ1v) is 9.20. The predicted octanol–water partition coefficient (Wildman–Crippen LogP) is 3.75. The van der Waals surface area contributed by atoms with Crippen molar-refractivity contribution >= 4 is 17.7 Å². The largest absolute Gasteiger partial charge is 0.450 e. The van der Waals surface area contributed by atoms with Gasteiger partial charge in [-0.15, -0.1) is 0 Å². The van der Waals surface area contributed by atoms with Gasteiger partial charge in [0.25, 0.3) is 5.91 Å². The van der Waals surface area contributed by atoms with E-state index in [2.05, 4.69) is 5.32 Å². The molecule has 142 valence electrons. The number of nitrogens with one attached hydrogen (secondary N) is 1. The summed E-state index contributed by atoms with van der Waals surface area (Å²) in [4.78, 5) is 35.3. The maximum Gasteiger partial charge on any atom is 0.374 e. The third kappa shape index (κ3) is 5.06. The molecule has 3 rings (SSSR count). The van der Waals surface area contributed by atoms with Crippen molar-refractivity contribution in [2.45, 2.75) is 45.1 Å². The first kappa shape index (κ1) is 18.9. The van der Waals surface area contributed by atoms with Crippen LogP contribution in [0.1, 0.15) is 59.9 Å². The number of ether oxygens (including phenoxy) is 1. The number of rotatable bonds is 6. The Bertz CT molecular complexity index is 815. The molecule has 1 amide bonds. The number of Topliss-reactive ketones (excluding diaryl/α,β-unsaturated/α-hetero) is 1. The summed E-state index contributed by atoms with van der Waals surface area (Å²) in [6, 6.07) is 10.3. The van der Waals surface area contributed by atoms with Crippen LogP contribution in [0.15, 0.2) is 40.8 Å². The number of ketones is 1. The van der Waals surface area contributed by atoms with E-state index in [0.717, 1.165) is 31.2 Å². The van der Waals surface area contributed by atoms with Crippen molar-refractivity contribution in [3.05, 3.63) is 47.7 Å². The maximum absolute atomic E-state index is 12.1. The molecule has 6 heteroatoms. The van der Waals surface area contributed by atoms with Crippen molar-refractivity contribution in [3.63, 3.8) is 0 Å². The molecule has 0 spiro atoms. The van der Waals surface area contributed by atoms with Crippen molar-refractivity contribution in [1.82, 2.24) is 5.32 Å². The second kappa shape index (κ2) is 8.66. The number of carbonyl (C=O) groups is 3.